The molecule has 4 heteroatoms. The lowest BCUT2D eigenvalue weighted by molar-refractivity contribution is 0.414. The normalized spacial score (nSPS) is 10.8. The van der Waals surface area contributed by atoms with Gasteiger partial charge >= 0.3 is 0 Å². The molecule has 3 rings (SSSR count). The van der Waals surface area contributed by atoms with E-state index in [2.05, 4.69) is 22.3 Å². The number of nitrogens with zero attached hydrogens (tertiary/aromatic N) is 2. The van der Waals surface area contributed by atoms with Crippen molar-refractivity contribution < 1.29 is 4.52 Å². The van der Waals surface area contributed by atoms with Crippen LogP contribution in [0.15, 0.2) is 58.4 Å². The minimum atomic E-state index is 0.775. The van der Waals surface area contributed by atoms with Crippen LogP contribution in [0.25, 0.3) is 10.8 Å². The quantitative estimate of drug-likeness (QED) is 0.659. The number of pyridine rings is 1. The lowest BCUT2D eigenvalue weighted by Gasteiger charge is -2.03. The first-order chi connectivity index (χ1) is 8.43. The van der Waals surface area contributed by atoms with E-state index >= 15 is 0 Å². The van der Waals surface area contributed by atoms with Gasteiger partial charge in [0.25, 0.3) is 0 Å². The predicted molar refractivity (Wildman–Crippen MR) is 67.8 cm³/mol. The minimum Gasteiger partial charge on any atom is -0.364 e. The highest BCUT2D eigenvalue weighted by molar-refractivity contribution is 7.98. The molecule has 0 aliphatic carbocycles. The van der Waals surface area contributed by atoms with Crippen LogP contribution in [0.3, 0.4) is 0 Å². The number of benzene rings is 1. The molecule has 0 saturated heterocycles. The summed E-state index contributed by atoms with van der Waals surface area (Å²) in [5.41, 5.74) is 0.935. The van der Waals surface area contributed by atoms with E-state index in [-0.39, 0.29) is 0 Å². The Morgan fingerprint density at radius 1 is 1.12 bits per heavy atom. The van der Waals surface area contributed by atoms with Gasteiger partial charge in [-0.15, -0.1) is 0 Å². The lowest BCUT2D eigenvalue weighted by Crippen LogP contribution is -1.85. The average molecular weight is 242 g/mol. The fourth-order valence-electron chi connectivity index (χ4n) is 1.66. The van der Waals surface area contributed by atoms with Gasteiger partial charge in [-0.05, 0) is 11.5 Å². The highest BCUT2D eigenvalue weighted by Crippen LogP contribution is 2.27. The van der Waals surface area contributed by atoms with Crippen molar-refractivity contribution in [3.05, 3.63) is 54.6 Å². The number of hydrogen-bond donors (Lipinski definition) is 0. The van der Waals surface area contributed by atoms with Crippen molar-refractivity contribution in [2.45, 2.75) is 10.8 Å². The first kappa shape index (κ1) is 10.4. The standard InChI is InChI=1S/C13H10N2OS/c1-2-4-12-10(3-1)5-7-14-13(12)17-9-11-6-8-16-15-11/h1-8H,9H2. The summed E-state index contributed by atoms with van der Waals surface area (Å²) in [6, 6.07) is 12.1. The van der Waals surface area contributed by atoms with Gasteiger partial charge in [0.2, 0.25) is 0 Å². The zero-order valence-electron chi connectivity index (χ0n) is 9.04. The Labute approximate surface area is 103 Å². The van der Waals surface area contributed by atoms with Gasteiger partial charge in [-0.2, -0.15) is 0 Å². The van der Waals surface area contributed by atoms with Crippen LogP contribution in [0, 0.1) is 0 Å². The van der Waals surface area contributed by atoms with Gasteiger partial charge in [0.1, 0.15) is 11.3 Å². The monoisotopic (exact) mass is 242 g/mol. The molecule has 0 N–H and O–H groups in total. The molecular formula is C13H10N2OS. The average Bonchev–Trinajstić information content (AvgIpc) is 2.89. The predicted octanol–water partition coefficient (Wildman–Crippen LogP) is 3.52. The van der Waals surface area contributed by atoms with Crippen LogP contribution in [-0.4, -0.2) is 10.1 Å². The maximum Gasteiger partial charge on any atom is 0.124 e. The molecule has 2 aromatic heterocycles. The van der Waals surface area contributed by atoms with E-state index in [9.17, 15) is 0 Å². The Hall–Kier alpha value is -1.81. The third kappa shape index (κ3) is 2.17. The van der Waals surface area contributed by atoms with Gasteiger partial charge in [-0.1, -0.05) is 41.2 Å². The van der Waals surface area contributed by atoms with Crippen molar-refractivity contribution in [3.63, 3.8) is 0 Å². The number of aromatic nitrogens is 2. The Balaban J connectivity index is 1.90. The molecule has 3 nitrogen and oxygen atoms in total. The Bertz CT molecular complexity index is 617. The summed E-state index contributed by atoms with van der Waals surface area (Å²) < 4.78 is 4.81. The molecule has 0 saturated carbocycles. The van der Waals surface area contributed by atoms with Crippen molar-refractivity contribution in [2.24, 2.45) is 0 Å². The summed E-state index contributed by atoms with van der Waals surface area (Å²) in [5, 5.41) is 7.32. The first-order valence-electron chi connectivity index (χ1n) is 5.29. The third-order valence-electron chi connectivity index (χ3n) is 2.49. The zero-order valence-corrected chi connectivity index (χ0v) is 9.85. The molecule has 0 aliphatic heterocycles. The van der Waals surface area contributed by atoms with Gasteiger partial charge in [0.15, 0.2) is 0 Å². The maximum absolute atomic E-state index is 4.81. The maximum atomic E-state index is 4.81. The van der Waals surface area contributed by atoms with Crippen molar-refractivity contribution in [3.8, 4) is 0 Å². The molecule has 2 heterocycles. The molecule has 0 spiro atoms. The van der Waals surface area contributed by atoms with Crippen LogP contribution in [0.1, 0.15) is 5.69 Å². The Morgan fingerprint density at radius 3 is 2.94 bits per heavy atom. The van der Waals surface area contributed by atoms with Crippen molar-refractivity contribution in [1.29, 1.82) is 0 Å². The summed E-state index contributed by atoms with van der Waals surface area (Å²) in [4.78, 5) is 4.41. The fourth-order valence-corrected chi connectivity index (χ4v) is 2.57. The highest BCUT2D eigenvalue weighted by Gasteiger charge is 2.04. The Morgan fingerprint density at radius 2 is 2.06 bits per heavy atom. The SMILES string of the molecule is c1ccc2c(SCc3ccon3)nccc2c1. The molecule has 17 heavy (non-hydrogen) atoms. The van der Waals surface area contributed by atoms with Gasteiger partial charge in [-0.3, -0.25) is 0 Å². The van der Waals surface area contributed by atoms with Crippen LogP contribution in [0.2, 0.25) is 0 Å². The molecule has 0 radical (unpaired) electrons. The minimum absolute atomic E-state index is 0.775. The summed E-state index contributed by atoms with van der Waals surface area (Å²) >= 11 is 1.67. The number of rotatable bonds is 3. The molecule has 0 amide bonds. The second-order valence-electron chi connectivity index (χ2n) is 3.62. The summed E-state index contributed by atoms with van der Waals surface area (Å²) in [6.45, 7) is 0. The molecule has 0 aliphatic rings. The third-order valence-corrected chi connectivity index (χ3v) is 3.52. The van der Waals surface area contributed by atoms with Crippen molar-refractivity contribution >= 4 is 22.5 Å². The topological polar surface area (TPSA) is 38.9 Å². The zero-order chi connectivity index (χ0) is 11.5. The molecule has 0 bridgehead atoms. The molecule has 1 aromatic carbocycles. The van der Waals surface area contributed by atoms with Crippen LogP contribution < -0.4 is 0 Å². The number of hydrogen-bond acceptors (Lipinski definition) is 4. The molecule has 84 valence electrons. The van der Waals surface area contributed by atoms with Crippen molar-refractivity contribution in [2.75, 3.05) is 0 Å². The van der Waals surface area contributed by atoms with E-state index in [0.29, 0.717) is 0 Å². The van der Waals surface area contributed by atoms with E-state index < -0.39 is 0 Å². The Kier molecular flexibility index (Phi) is 2.80. The smallest absolute Gasteiger partial charge is 0.124 e. The molecule has 0 fully saturated rings. The van der Waals surface area contributed by atoms with E-state index in [1.165, 1.54) is 10.8 Å². The van der Waals surface area contributed by atoms with E-state index in [1.54, 1.807) is 18.0 Å². The lowest BCUT2D eigenvalue weighted by atomic mass is 10.2. The largest absolute Gasteiger partial charge is 0.364 e. The van der Waals surface area contributed by atoms with Gasteiger partial charge in [0.05, 0.1) is 5.69 Å². The molecule has 0 atom stereocenters. The molecule has 0 unspecified atom stereocenters. The fraction of sp³-hybridized carbons (Fsp3) is 0.0769. The van der Waals surface area contributed by atoms with Gasteiger partial charge in [-0.25, -0.2) is 4.98 Å². The van der Waals surface area contributed by atoms with Crippen LogP contribution in [0.4, 0.5) is 0 Å². The number of thioether (sulfide) groups is 1. The second-order valence-corrected chi connectivity index (χ2v) is 4.58. The van der Waals surface area contributed by atoms with Crippen LogP contribution in [0.5, 0.6) is 0 Å². The molecular weight excluding hydrogens is 232 g/mol. The summed E-state index contributed by atoms with van der Waals surface area (Å²) in [5.74, 6) is 0.775. The van der Waals surface area contributed by atoms with Gasteiger partial charge in [0, 0.05) is 23.4 Å². The van der Waals surface area contributed by atoms with Crippen molar-refractivity contribution in [1.82, 2.24) is 10.1 Å². The van der Waals surface area contributed by atoms with E-state index in [0.717, 1.165) is 16.5 Å². The number of fused-ring (bicyclic) bond motifs is 1. The van der Waals surface area contributed by atoms with E-state index in [1.807, 2.05) is 30.5 Å². The highest BCUT2D eigenvalue weighted by atomic mass is 32.2. The van der Waals surface area contributed by atoms with Crippen LogP contribution >= 0.6 is 11.8 Å². The van der Waals surface area contributed by atoms with Gasteiger partial charge < -0.3 is 4.52 Å². The first-order valence-corrected chi connectivity index (χ1v) is 6.28. The van der Waals surface area contributed by atoms with Crippen LogP contribution in [-0.2, 0) is 5.75 Å². The molecule has 3 aromatic rings. The summed E-state index contributed by atoms with van der Waals surface area (Å²) in [7, 11) is 0. The second kappa shape index (κ2) is 4.59. The summed E-state index contributed by atoms with van der Waals surface area (Å²) in [6.07, 6.45) is 3.43. The van der Waals surface area contributed by atoms with E-state index in [4.69, 9.17) is 4.52 Å².